The summed E-state index contributed by atoms with van der Waals surface area (Å²) in [6.07, 6.45) is 0. The average Bonchev–Trinajstić information content (AvgIpc) is 2.23. The minimum absolute atomic E-state index is 1.13. The van der Waals surface area contributed by atoms with Crippen molar-refractivity contribution in [3.8, 4) is 0 Å². The molecule has 0 spiro atoms. The van der Waals surface area contributed by atoms with E-state index in [1.807, 2.05) is 30.3 Å². The first kappa shape index (κ1) is 8.82. The summed E-state index contributed by atoms with van der Waals surface area (Å²) in [4.78, 5) is 0. The lowest BCUT2D eigenvalue weighted by atomic mass is 10.2. The number of nitrogens with one attached hydrogen (secondary N) is 1. The Morgan fingerprint density at radius 2 is 1.43 bits per heavy atom. The maximum absolute atomic E-state index is 3.37. The van der Waals surface area contributed by atoms with E-state index in [0.29, 0.717) is 0 Å². The highest BCUT2D eigenvalue weighted by atomic mass is 14.9. The molecule has 70 valence electrons. The molecule has 1 nitrogen and oxygen atoms in total. The first-order valence-corrected chi connectivity index (χ1v) is 4.74. The van der Waals surface area contributed by atoms with E-state index in [1.165, 1.54) is 11.3 Å². The first-order chi connectivity index (χ1) is 6.86. The Morgan fingerprint density at radius 1 is 0.786 bits per heavy atom. The molecule has 2 aromatic carbocycles. The highest BCUT2D eigenvalue weighted by Crippen LogP contribution is 2.19. The number of rotatable bonds is 2. The van der Waals surface area contributed by atoms with E-state index in [9.17, 15) is 0 Å². The molecular formula is C13H13N. The fourth-order valence-electron chi connectivity index (χ4n) is 1.39. The molecule has 0 fully saturated rings. The van der Waals surface area contributed by atoms with Crippen molar-refractivity contribution >= 4 is 11.4 Å². The highest BCUT2D eigenvalue weighted by molar-refractivity contribution is 5.62. The van der Waals surface area contributed by atoms with Crippen LogP contribution in [0.4, 0.5) is 11.4 Å². The zero-order valence-electron chi connectivity index (χ0n) is 8.20. The zero-order chi connectivity index (χ0) is 9.80. The van der Waals surface area contributed by atoms with Crippen molar-refractivity contribution in [2.45, 2.75) is 6.92 Å². The summed E-state index contributed by atoms with van der Waals surface area (Å²) < 4.78 is 0. The predicted octanol–water partition coefficient (Wildman–Crippen LogP) is 3.74. The van der Waals surface area contributed by atoms with Crippen molar-refractivity contribution in [3.63, 3.8) is 0 Å². The van der Waals surface area contributed by atoms with E-state index in [0.717, 1.165) is 5.69 Å². The highest BCUT2D eigenvalue weighted by Gasteiger charge is 1.95. The maximum Gasteiger partial charge on any atom is 0.0413 e. The number of hydrogen-bond acceptors (Lipinski definition) is 1. The predicted molar refractivity (Wildman–Crippen MR) is 60.9 cm³/mol. The van der Waals surface area contributed by atoms with Gasteiger partial charge in [-0.1, -0.05) is 36.4 Å². The molecule has 1 N–H and O–H groups in total. The summed E-state index contributed by atoms with van der Waals surface area (Å²) in [7, 11) is 0. The van der Waals surface area contributed by atoms with E-state index in [2.05, 4.69) is 36.5 Å². The Kier molecular flexibility index (Phi) is 2.50. The fraction of sp³-hybridized carbons (Fsp3) is 0.0769. The normalized spacial score (nSPS) is 9.79. The second-order valence-electron chi connectivity index (χ2n) is 3.31. The van der Waals surface area contributed by atoms with Crippen molar-refractivity contribution in [2.24, 2.45) is 0 Å². The molecule has 0 bridgehead atoms. The van der Waals surface area contributed by atoms with Crippen LogP contribution in [0.5, 0.6) is 0 Å². The number of hydrogen-bond donors (Lipinski definition) is 1. The molecule has 0 aliphatic carbocycles. The molecule has 0 heterocycles. The minimum Gasteiger partial charge on any atom is -0.355 e. The molecule has 0 radical (unpaired) electrons. The smallest absolute Gasteiger partial charge is 0.0413 e. The third kappa shape index (κ3) is 1.94. The van der Waals surface area contributed by atoms with Gasteiger partial charge < -0.3 is 5.32 Å². The van der Waals surface area contributed by atoms with Crippen LogP contribution in [0.3, 0.4) is 0 Å². The summed E-state index contributed by atoms with van der Waals surface area (Å²) >= 11 is 0. The number of para-hydroxylation sites is 2. The first-order valence-electron chi connectivity index (χ1n) is 4.74. The summed E-state index contributed by atoms with van der Waals surface area (Å²) in [5, 5.41) is 3.37. The summed E-state index contributed by atoms with van der Waals surface area (Å²) in [6.45, 7) is 2.10. The van der Waals surface area contributed by atoms with Crippen molar-refractivity contribution < 1.29 is 0 Å². The van der Waals surface area contributed by atoms with Gasteiger partial charge >= 0.3 is 0 Å². The fourth-order valence-corrected chi connectivity index (χ4v) is 1.39. The molecule has 0 unspecified atom stereocenters. The molecule has 2 rings (SSSR count). The minimum atomic E-state index is 1.13. The van der Waals surface area contributed by atoms with Crippen LogP contribution >= 0.6 is 0 Å². The standard InChI is InChI=1S/C13H13N/c1-11-7-5-6-10-13(11)14-12-8-3-2-4-9-12/h2-10,14H,1H3. The summed E-state index contributed by atoms with van der Waals surface area (Å²) in [6, 6.07) is 18.5. The van der Waals surface area contributed by atoms with Gasteiger partial charge in [-0.3, -0.25) is 0 Å². The lowest BCUT2D eigenvalue weighted by Crippen LogP contribution is -1.91. The quantitative estimate of drug-likeness (QED) is 0.747. The van der Waals surface area contributed by atoms with Gasteiger partial charge in [0, 0.05) is 11.4 Å². The Morgan fingerprint density at radius 3 is 2.14 bits per heavy atom. The van der Waals surface area contributed by atoms with Gasteiger partial charge in [0.05, 0.1) is 0 Å². The Balaban J connectivity index is 2.24. The molecule has 0 aromatic heterocycles. The summed E-state index contributed by atoms with van der Waals surface area (Å²) in [5.41, 5.74) is 3.55. The molecular weight excluding hydrogens is 170 g/mol. The lowest BCUT2D eigenvalue weighted by molar-refractivity contribution is 1.43. The molecule has 0 saturated carbocycles. The van der Waals surface area contributed by atoms with E-state index >= 15 is 0 Å². The Labute approximate surface area is 84.4 Å². The molecule has 0 amide bonds. The molecule has 0 aliphatic heterocycles. The van der Waals surface area contributed by atoms with E-state index in [4.69, 9.17) is 0 Å². The molecule has 2 aromatic rings. The van der Waals surface area contributed by atoms with E-state index in [1.54, 1.807) is 0 Å². The largest absolute Gasteiger partial charge is 0.355 e. The molecule has 1 heteroatoms. The van der Waals surface area contributed by atoms with Gasteiger partial charge in [-0.25, -0.2) is 0 Å². The van der Waals surface area contributed by atoms with Crippen LogP contribution < -0.4 is 5.32 Å². The molecule has 14 heavy (non-hydrogen) atoms. The number of benzene rings is 2. The third-order valence-electron chi connectivity index (χ3n) is 2.20. The zero-order valence-corrected chi connectivity index (χ0v) is 8.20. The lowest BCUT2D eigenvalue weighted by Gasteiger charge is -2.08. The summed E-state index contributed by atoms with van der Waals surface area (Å²) in [5.74, 6) is 0. The Bertz CT molecular complexity index is 407. The van der Waals surface area contributed by atoms with Crippen molar-refractivity contribution in [1.82, 2.24) is 0 Å². The topological polar surface area (TPSA) is 12.0 Å². The van der Waals surface area contributed by atoms with Crippen LogP contribution in [-0.2, 0) is 0 Å². The van der Waals surface area contributed by atoms with Gasteiger partial charge in [0.25, 0.3) is 0 Å². The second kappa shape index (κ2) is 3.97. The van der Waals surface area contributed by atoms with Crippen molar-refractivity contribution in [2.75, 3.05) is 5.32 Å². The average molecular weight is 183 g/mol. The van der Waals surface area contributed by atoms with Crippen LogP contribution in [0.2, 0.25) is 0 Å². The van der Waals surface area contributed by atoms with Gasteiger partial charge in [0.2, 0.25) is 0 Å². The van der Waals surface area contributed by atoms with E-state index in [-0.39, 0.29) is 0 Å². The van der Waals surface area contributed by atoms with Crippen LogP contribution in [0.1, 0.15) is 5.56 Å². The number of anilines is 2. The second-order valence-corrected chi connectivity index (χ2v) is 3.31. The van der Waals surface area contributed by atoms with Crippen molar-refractivity contribution in [1.29, 1.82) is 0 Å². The SMILES string of the molecule is Cc1ccccc1Nc1ccccc1. The van der Waals surface area contributed by atoms with Crippen molar-refractivity contribution in [3.05, 3.63) is 60.2 Å². The van der Waals surface area contributed by atoms with Gasteiger partial charge in [-0.2, -0.15) is 0 Å². The third-order valence-corrected chi connectivity index (χ3v) is 2.20. The van der Waals surface area contributed by atoms with Gasteiger partial charge in [0.1, 0.15) is 0 Å². The van der Waals surface area contributed by atoms with Gasteiger partial charge in [-0.15, -0.1) is 0 Å². The van der Waals surface area contributed by atoms with Gasteiger partial charge in [0.15, 0.2) is 0 Å². The number of aryl methyl sites for hydroxylation is 1. The maximum atomic E-state index is 3.37. The Hall–Kier alpha value is -1.76. The van der Waals surface area contributed by atoms with Gasteiger partial charge in [-0.05, 0) is 30.7 Å². The molecule has 0 saturated heterocycles. The van der Waals surface area contributed by atoms with Crippen LogP contribution in [0.15, 0.2) is 54.6 Å². The van der Waals surface area contributed by atoms with Crippen LogP contribution in [0, 0.1) is 6.92 Å². The van der Waals surface area contributed by atoms with Crippen LogP contribution in [0.25, 0.3) is 0 Å². The monoisotopic (exact) mass is 183 g/mol. The molecule has 0 atom stereocenters. The molecule has 0 aliphatic rings. The van der Waals surface area contributed by atoms with Crippen LogP contribution in [-0.4, -0.2) is 0 Å². The van der Waals surface area contributed by atoms with E-state index < -0.39 is 0 Å².